The number of aliphatic hydroxyl groups excluding tert-OH is 1. The SMILES string of the molecule is COc1ccc(CN(Cc2ccc(OC)cc2)S(=O)(=O)c2c(S(=O)(=O)NC[C@H](O)CNC(=O)OC(C)(C)C)ccc(-c3ccc4sc(N)nc4c3)c2-c2nnn(Cc3ccc(OC)cc3)n2)cc1. The van der Waals surface area contributed by atoms with Gasteiger partial charge in [-0.1, -0.05) is 59.9 Å². The van der Waals surface area contributed by atoms with Crippen LogP contribution >= 0.6 is 11.3 Å². The van der Waals surface area contributed by atoms with Crippen LogP contribution in [0.1, 0.15) is 37.5 Å². The molecule has 1 atom stereocenters. The van der Waals surface area contributed by atoms with Crippen LogP contribution in [0.2, 0.25) is 0 Å². The summed E-state index contributed by atoms with van der Waals surface area (Å²) in [5.74, 6) is 1.50. The second-order valence-corrected chi connectivity index (χ2v) is 21.1. The summed E-state index contributed by atoms with van der Waals surface area (Å²) in [5, 5.41) is 27.0. The zero-order valence-corrected chi connectivity index (χ0v) is 40.5. The lowest BCUT2D eigenvalue weighted by molar-refractivity contribution is 0.0494. The minimum atomic E-state index is -4.97. The molecule has 5 N–H and O–H groups in total. The minimum Gasteiger partial charge on any atom is -0.497 e. The number of sulfonamides is 2. The molecule has 7 aromatic rings. The number of carbonyl (C=O) groups is 1. The highest BCUT2D eigenvalue weighted by atomic mass is 32.2. The lowest BCUT2D eigenvalue weighted by Crippen LogP contribution is -2.42. The summed E-state index contributed by atoms with van der Waals surface area (Å²) < 4.78 is 87.1. The molecule has 68 heavy (non-hydrogen) atoms. The maximum atomic E-state index is 16.0. The molecule has 2 aromatic heterocycles. The molecular weight excluding hydrogens is 935 g/mol. The Hall–Kier alpha value is -6.69. The molecule has 0 fully saturated rings. The van der Waals surface area contributed by atoms with Crippen molar-refractivity contribution < 1.29 is 45.7 Å². The van der Waals surface area contributed by atoms with Gasteiger partial charge in [-0.15, -0.1) is 10.2 Å². The number of hydrogen-bond acceptors (Lipinski definition) is 16. The molecule has 0 unspecified atom stereocenters. The third kappa shape index (κ3) is 11.9. The second-order valence-electron chi connectivity index (χ2n) is 16.4. The molecule has 22 heteroatoms. The van der Waals surface area contributed by atoms with E-state index in [9.17, 15) is 18.3 Å². The number of nitrogens with one attached hydrogen (secondary N) is 2. The number of aliphatic hydroxyl groups is 1. The number of nitrogen functional groups attached to an aromatic ring is 1. The van der Waals surface area contributed by atoms with Crippen molar-refractivity contribution in [3.05, 3.63) is 120 Å². The first-order chi connectivity index (χ1) is 32.3. The molecule has 19 nitrogen and oxygen atoms in total. The molecule has 7 rings (SSSR count). The number of ether oxygens (including phenoxy) is 4. The van der Waals surface area contributed by atoms with E-state index in [4.69, 9.17) is 24.7 Å². The highest BCUT2D eigenvalue weighted by molar-refractivity contribution is 7.92. The van der Waals surface area contributed by atoms with Gasteiger partial charge in [-0.25, -0.2) is 31.3 Å². The molecule has 0 aliphatic rings. The van der Waals surface area contributed by atoms with E-state index < -0.39 is 60.7 Å². The Balaban J connectivity index is 1.43. The normalized spacial score (nSPS) is 12.5. The molecule has 358 valence electrons. The number of aromatic nitrogens is 5. The molecule has 0 bridgehead atoms. The lowest BCUT2D eigenvalue weighted by atomic mass is 9.99. The van der Waals surface area contributed by atoms with Crippen LogP contribution in [0.15, 0.2) is 113 Å². The smallest absolute Gasteiger partial charge is 0.407 e. The summed E-state index contributed by atoms with van der Waals surface area (Å²) in [6.07, 6.45) is -2.29. The van der Waals surface area contributed by atoms with Gasteiger partial charge in [-0.3, -0.25) is 0 Å². The maximum absolute atomic E-state index is 16.0. The average Bonchev–Trinajstić information content (AvgIpc) is 3.94. The number of fused-ring (bicyclic) bond motifs is 1. The van der Waals surface area contributed by atoms with E-state index in [0.717, 1.165) is 14.6 Å². The summed E-state index contributed by atoms with van der Waals surface area (Å²) in [7, 11) is -5.25. The van der Waals surface area contributed by atoms with E-state index in [0.29, 0.717) is 44.6 Å². The number of methoxy groups -OCH3 is 3. The van der Waals surface area contributed by atoms with E-state index in [1.807, 2.05) is 12.1 Å². The van der Waals surface area contributed by atoms with Crippen molar-refractivity contribution in [3.8, 4) is 39.8 Å². The van der Waals surface area contributed by atoms with Crippen molar-refractivity contribution in [1.29, 1.82) is 0 Å². The number of nitrogens with two attached hydrogens (primary N) is 1. The number of carbonyl (C=O) groups excluding carboxylic acids is 1. The van der Waals surface area contributed by atoms with Crippen molar-refractivity contribution in [3.63, 3.8) is 0 Å². The summed E-state index contributed by atoms with van der Waals surface area (Å²) in [4.78, 5) is 16.7. The van der Waals surface area contributed by atoms with Gasteiger partial charge in [0.25, 0.3) is 0 Å². The van der Waals surface area contributed by atoms with Crippen molar-refractivity contribution in [1.82, 2.24) is 39.5 Å². The summed E-state index contributed by atoms with van der Waals surface area (Å²) in [6.45, 7) is 3.62. The van der Waals surface area contributed by atoms with E-state index in [2.05, 4.69) is 30.4 Å². The first kappa shape index (κ1) is 49.2. The van der Waals surface area contributed by atoms with Gasteiger partial charge in [0.15, 0.2) is 5.13 Å². The van der Waals surface area contributed by atoms with Gasteiger partial charge >= 0.3 is 6.09 Å². The molecule has 0 saturated heterocycles. The van der Waals surface area contributed by atoms with E-state index >= 15 is 8.42 Å². The first-order valence-electron chi connectivity index (χ1n) is 21.0. The number of hydrogen-bond donors (Lipinski definition) is 4. The van der Waals surface area contributed by atoms with Crippen LogP contribution in [0.5, 0.6) is 17.2 Å². The van der Waals surface area contributed by atoms with E-state index in [1.54, 1.807) is 107 Å². The summed E-state index contributed by atoms with van der Waals surface area (Å²) >= 11 is 1.27. The number of thiazole rings is 1. The van der Waals surface area contributed by atoms with E-state index in [1.165, 1.54) is 42.5 Å². The molecule has 0 spiro atoms. The van der Waals surface area contributed by atoms with Crippen molar-refractivity contribution in [2.24, 2.45) is 0 Å². The highest BCUT2D eigenvalue weighted by Gasteiger charge is 2.38. The van der Waals surface area contributed by atoms with Gasteiger partial charge in [-0.05, 0) is 108 Å². The Kier molecular flexibility index (Phi) is 15.0. The monoisotopic (exact) mass is 985 g/mol. The first-order valence-corrected chi connectivity index (χ1v) is 24.7. The number of anilines is 1. The van der Waals surface area contributed by atoms with E-state index in [-0.39, 0.29) is 36.6 Å². The van der Waals surface area contributed by atoms with Crippen molar-refractivity contribution >= 4 is 52.8 Å². The molecule has 5 aromatic carbocycles. The molecular formula is C46H51N9O10S3. The van der Waals surface area contributed by atoms with Crippen LogP contribution in [-0.4, -0.2) is 104 Å². The molecule has 0 aliphatic carbocycles. The van der Waals surface area contributed by atoms with Crippen molar-refractivity contribution in [2.45, 2.75) is 61.9 Å². The third-order valence-corrected chi connectivity index (χ3v) is 14.6. The third-order valence-electron chi connectivity index (χ3n) is 10.3. The zero-order valence-electron chi connectivity index (χ0n) is 38.0. The minimum absolute atomic E-state index is 0.105. The quantitative estimate of drug-likeness (QED) is 0.0744. The fourth-order valence-corrected chi connectivity index (χ4v) is 11.2. The molecule has 1 amide bonds. The fourth-order valence-electron chi connectivity index (χ4n) is 7.01. The van der Waals surface area contributed by atoms with Crippen LogP contribution in [-0.2, 0) is 44.4 Å². The predicted octanol–water partition coefficient (Wildman–Crippen LogP) is 5.83. The number of rotatable bonds is 19. The van der Waals surface area contributed by atoms with Crippen LogP contribution < -0.4 is 30.0 Å². The van der Waals surface area contributed by atoms with Gasteiger partial charge in [0.1, 0.15) is 32.6 Å². The highest BCUT2D eigenvalue weighted by Crippen LogP contribution is 2.42. The van der Waals surface area contributed by atoms with Gasteiger partial charge < -0.3 is 35.1 Å². The van der Waals surface area contributed by atoms with Gasteiger partial charge in [0.2, 0.25) is 25.9 Å². The Bertz CT molecular complexity index is 3050. The number of benzene rings is 5. The van der Waals surface area contributed by atoms with Crippen LogP contribution in [0.3, 0.4) is 0 Å². The predicted molar refractivity (Wildman–Crippen MR) is 256 cm³/mol. The van der Waals surface area contributed by atoms with Crippen LogP contribution in [0.4, 0.5) is 9.93 Å². The van der Waals surface area contributed by atoms with Crippen LogP contribution in [0, 0.1) is 0 Å². The number of alkyl carbamates (subject to hydrolysis) is 1. The zero-order chi connectivity index (χ0) is 48.8. The Labute approximate surface area is 397 Å². The number of nitrogens with zero attached hydrogens (tertiary/aromatic N) is 6. The Morgan fingerprint density at radius 2 is 1.38 bits per heavy atom. The lowest BCUT2D eigenvalue weighted by Gasteiger charge is -2.26. The van der Waals surface area contributed by atoms with Gasteiger partial charge in [0, 0.05) is 26.2 Å². The van der Waals surface area contributed by atoms with Gasteiger partial charge in [0.05, 0.1) is 49.8 Å². The molecule has 2 heterocycles. The largest absolute Gasteiger partial charge is 0.497 e. The van der Waals surface area contributed by atoms with Gasteiger partial charge in [-0.2, -0.15) is 9.10 Å². The van der Waals surface area contributed by atoms with Crippen molar-refractivity contribution in [2.75, 3.05) is 40.2 Å². The summed E-state index contributed by atoms with van der Waals surface area (Å²) in [6, 6.07) is 28.6. The topological polar surface area (TPSA) is 252 Å². The maximum Gasteiger partial charge on any atom is 0.407 e. The average molecular weight is 986 g/mol. The standard InChI is InChI=1S/C46H51N9O10S3/c1-46(2,3)65-45(57)48-24-33(56)25-49-67(58,59)40-22-20-37(32-13-21-39-38(23-32)50-44(47)66-39)41(43-51-53-55(52-43)28-31-11-18-36(64-6)19-12-31)42(40)68(60,61)54(26-29-7-14-34(62-4)15-8-29)27-30-9-16-35(63-5)17-10-30/h7-23,33,49,56H,24-28H2,1-6H3,(H2,47,50)(H,48,57)/t33-/m1/s1. The Morgan fingerprint density at radius 3 is 1.94 bits per heavy atom. The fraction of sp³-hybridized carbons (Fsp3) is 0.283. The number of tetrazole rings is 1. The van der Waals surface area contributed by atoms with Crippen LogP contribution in [0.25, 0.3) is 32.7 Å². The summed E-state index contributed by atoms with van der Waals surface area (Å²) in [5.41, 5.74) is 8.14. The molecule has 0 aliphatic heterocycles. The molecule has 0 radical (unpaired) electrons. The Morgan fingerprint density at radius 1 is 0.809 bits per heavy atom. The second kappa shape index (κ2) is 20.7. The number of amides is 1. The molecule has 0 saturated carbocycles.